The Balaban J connectivity index is 0.00000420. The first-order chi connectivity index (χ1) is 13.6. The number of carbonyl (C=O) groups excluding carboxylic acids is 1. The molecule has 1 heterocycles. The van der Waals surface area contributed by atoms with Gasteiger partial charge in [0.15, 0.2) is 12.6 Å². The maximum Gasteiger partial charge on any atom is 0.257 e. The van der Waals surface area contributed by atoms with E-state index in [1.165, 1.54) is 0 Å². The third kappa shape index (κ3) is 9.66. The van der Waals surface area contributed by atoms with Crippen molar-refractivity contribution in [3.05, 3.63) is 29.8 Å². The molecule has 1 aliphatic rings. The number of amides is 1. The summed E-state index contributed by atoms with van der Waals surface area (Å²) in [6.07, 6.45) is 3.47. The number of benzene rings is 1. The highest BCUT2D eigenvalue weighted by Gasteiger charge is 2.15. The van der Waals surface area contributed by atoms with E-state index >= 15 is 0 Å². The molecule has 8 heteroatoms. The Bertz CT molecular complexity index is 636. The highest BCUT2D eigenvalue weighted by molar-refractivity contribution is 14.0. The van der Waals surface area contributed by atoms with E-state index in [0.717, 1.165) is 56.5 Å². The molecule has 1 saturated heterocycles. The lowest BCUT2D eigenvalue weighted by Gasteiger charge is -2.26. The second kappa shape index (κ2) is 14.4. The van der Waals surface area contributed by atoms with E-state index in [9.17, 15) is 4.79 Å². The molecular formula is C21H35IN4O3. The van der Waals surface area contributed by atoms with Crippen LogP contribution in [0.5, 0.6) is 5.75 Å². The van der Waals surface area contributed by atoms with E-state index in [0.29, 0.717) is 18.8 Å². The molecule has 0 radical (unpaired) electrons. The smallest absolute Gasteiger partial charge is 0.257 e. The zero-order valence-corrected chi connectivity index (χ0v) is 20.1. The number of hydrogen-bond acceptors (Lipinski definition) is 4. The number of nitrogens with zero attached hydrogens (tertiary/aromatic N) is 2. The summed E-state index contributed by atoms with van der Waals surface area (Å²) in [6, 6.07) is 7.77. The molecule has 0 bridgehead atoms. The van der Waals surface area contributed by atoms with E-state index in [1.807, 2.05) is 31.2 Å². The number of ether oxygens (including phenoxy) is 2. The minimum Gasteiger partial charge on any atom is -0.484 e. The first-order valence-electron chi connectivity index (χ1n) is 10.1. The monoisotopic (exact) mass is 518 g/mol. The van der Waals surface area contributed by atoms with Crippen molar-refractivity contribution in [1.29, 1.82) is 0 Å². The van der Waals surface area contributed by atoms with E-state index < -0.39 is 0 Å². The van der Waals surface area contributed by atoms with Crippen LogP contribution in [0.3, 0.4) is 0 Å². The Labute approximate surface area is 191 Å². The van der Waals surface area contributed by atoms with Gasteiger partial charge in [-0.1, -0.05) is 12.1 Å². The highest BCUT2D eigenvalue weighted by atomic mass is 127. The van der Waals surface area contributed by atoms with Crippen LogP contribution in [-0.4, -0.2) is 63.8 Å². The summed E-state index contributed by atoms with van der Waals surface area (Å²) in [5, 5.41) is 6.12. The van der Waals surface area contributed by atoms with Gasteiger partial charge in [-0.15, -0.1) is 24.0 Å². The van der Waals surface area contributed by atoms with Crippen LogP contribution in [0.2, 0.25) is 0 Å². The Hall–Kier alpha value is -1.55. The molecule has 164 valence electrons. The zero-order valence-electron chi connectivity index (χ0n) is 17.8. The van der Waals surface area contributed by atoms with Gasteiger partial charge >= 0.3 is 0 Å². The summed E-state index contributed by atoms with van der Waals surface area (Å²) >= 11 is 0. The second-order valence-electron chi connectivity index (χ2n) is 7.06. The molecule has 7 nitrogen and oxygen atoms in total. The van der Waals surface area contributed by atoms with E-state index in [-0.39, 0.29) is 36.5 Å². The molecule has 29 heavy (non-hydrogen) atoms. The standard InChI is InChI=1S/C21H34N4O3.HI/c1-4-23-20(26)16-28-19-7-5-6-18(14-19)15-24-21(22-2)25(3)11-8-17-9-12-27-13-10-17;/h5-7,14,17H,4,8-13,15-16H2,1-3H3,(H,22,24)(H,23,26);1H. The lowest BCUT2D eigenvalue weighted by atomic mass is 9.96. The second-order valence-corrected chi connectivity index (χ2v) is 7.06. The summed E-state index contributed by atoms with van der Waals surface area (Å²) in [4.78, 5) is 18.1. The number of guanidine groups is 1. The van der Waals surface area contributed by atoms with E-state index in [1.54, 1.807) is 7.05 Å². The Morgan fingerprint density at radius 3 is 2.76 bits per heavy atom. The predicted octanol–water partition coefficient (Wildman–Crippen LogP) is 2.64. The highest BCUT2D eigenvalue weighted by Crippen LogP contribution is 2.18. The maximum atomic E-state index is 11.5. The van der Waals surface area contributed by atoms with Crippen LogP contribution < -0.4 is 15.4 Å². The van der Waals surface area contributed by atoms with Gasteiger partial charge in [0.05, 0.1) is 0 Å². The topological polar surface area (TPSA) is 75.2 Å². The van der Waals surface area contributed by atoms with Gasteiger partial charge < -0.3 is 25.0 Å². The Morgan fingerprint density at radius 2 is 2.07 bits per heavy atom. The first-order valence-corrected chi connectivity index (χ1v) is 10.1. The SMILES string of the molecule is CCNC(=O)COc1cccc(CNC(=NC)N(C)CCC2CCOCC2)c1.I. The van der Waals surface area contributed by atoms with Gasteiger partial charge in [0.25, 0.3) is 5.91 Å². The van der Waals surface area contributed by atoms with Crippen molar-refractivity contribution in [2.24, 2.45) is 10.9 Å². The molecule has 1 amide bonds. The van der Waals surface area contributed by atoms with Crippen LogP contribution in [0.15, 0.2) is 29.3 Å². The molecular weight excluding hydrogens is 483 g/mol. The molecule has 1 aromatic rings. The number of likely N-dealkylation sites (N-methyl/N-ethyl adjacent to an activating group) is 1. The minimum atomic E-state index is -0.113. The molecule has 2 N–H and O–H groups in total. The Morgan fingerprint density at radius 1 is 1.31 bits per heavy atom. The largest absolute Gasteiger partial charge is 0.484 e. The summed E-state index contributed by atoms with van der Waals surface area (Å²) in [5.41, 5.74) is 1.08. The lowest BCUT2D eigenvalue weighted by molar-refractivity contribution is -0.122. The number of rotatable bonds is 9. The number of aliphatic imine (C=N–C) groups is 1. The van der Waals surface area contributed by atoms with Crippen molar-refractivity contribution >= 4 is 35.8 Å². The van der Waals surface area contributed by atoms with Crippen LogP contribution in [0, 0.1) is 5.92 Å². The van der Waals surface area contributed by atoms with Crippen LogP contribution in [0.25, 0.3) is 0 Å². The Kier molecular flexibility index (Phi) is 12.7. The molecule has 1 aromatic carbocycles. The van der Waals surface area contributed by atoms with E-state index in [4.69, 9.17) is 9.47 Å². The average Bonchev–Trinajstić information content (AvgIpc) is 2.72. The number of carbonyl (C=O) groups is 1. The normalized spacial score (nSPS) is 14.7. The maximum absolute atomic E-state index is 11.5. The molecule has 1 fully saturated rings. The van der Waals surface area contributed by atoms with Gasteiger partial charge in [0, 0.05) is 46.9 Å². The van der Waals surface area contributed by atoms with Gasteiger partial charge in [-0.05, 0) is 49.8 Å². The minimum absolute atomic E-state index is 0. The molecule has 0 spiro atoms. The van der Waals surface area contributed by atoms with Gasteiger partial charge in [0.2, 0.25) is 0 Å². The first kappa shape index (κ1) is 25.5. The summed E-state index contributed by atoms with van der Waals surface area (Å²) in [7, 11) is 3.87. The van der Waals surface area contributed by atoms with Crippen LogP contribution >= 0.6 is 24.0 Å². The fraction of sp³-hybridized carbons (Fsp3) is 0.619. The van der Waals surface area contributed by atoms with Crippen LogP contribution in [0.1, 0.15) is 31.7 Å². The summed E-state index contributed by atoms with van der Waals surface area (Å²) in [5.74, 6) is 2.19. The predicted molar refractivity (Wildman–Crippen MR) is 127 cm³/mol. The van der Waals surface area contributed by atoms with Gasteiger partial charge in [-0.25, -0.2) is 0 Å². The van der Waals surface area contributed by atoms with Crippen molar-refractivity contribution in [1.82, 2.24) is 15.5 Å². The fourth-order valence-electron chi connectivity index (χ4n) is 3.23. The van der Waals surface area contributed by atoms with Crippen LogP contribution in [-0.2, 0) is 16.1 Å². The van der Waals surface area contributed by atoms with Crippen LogP contribution in [0.4, 0.5) is 0 Å². The number of halogens is 1. The average molecular weight is 518 g/mol. The zero-order chi connectivity index (χ0) is 20.2. The van der Waals surface area contributed by atoms with Crippen molar-refractivity contribution < 1.29 is 14.3 Å². The summed E-state index contributed by atoms with van der Waals surface area (Å²) in [6.45, 7) is 5.92. The summed E-state index contributed by atoms with van der Waals surface area (Å²) < 4.78 is 11.0. The third-order valence-corrected chi connectivity index (χ3v) is 4.88. The molecule has 0 saturated carbocycles. The van der Waals surface area contributed by atoms with Gasteiger partial charge in [-0.2, -0.15) is 0 Å². The van der Waals surface area contributed by atoms with Crippen molar-refractivity contribution in [2.45, 2.75) is 32.7 Å². The number of hydrogen-bond donors (Lipinski definition) is 2. The quantitative estimate of drug-likeness (QED) is 0.299. The molecule has 0 aromatic heterocycles. The molecule has 0 atom stereocenters. The molecule has 0 aliphatic carbocycles. The molecule has 1 aliphatic heterocycles. The van der Waals surface area contributed by atoms with Gasteiger partial charge in [0.1, 0.15) is 5.75 Å². The fourth-order valence-corrected chi connectivity index (χ4v) is 3.23. The van der Waals surface area contributed by atoms with Crippen molar-refractivity contribution in [3.8, 4) is 5.75 Å². The molecule has 2 rings (SSSR count). The van der Waals surface area contributed by atoms with E-state index in [2.05, 4.69) is 27.6 Å². The molecule has 0 unspecified atom stereocenters. The van der Waals surface area contributed by atoms with Crippen molar-refractivity contribution in [2.75, 3.05) is 47.0 Å². The lowest BCUT2D eigenvalue weighted by Crippen LogP contribution is -2.39. The van der Waals surface area contributed by atoms with Gasteiger partial charge in [-0.3, -0.25) is 9.79 Å². The number of nitrogens with one attached hydrogen (secondary N) is 2. The van der Waals surface area contributed by atoms with Crippen molar-refractivity contribution in [3.63, 3.8) is 0 Å². The third-order valence-electron chi connectivity index (χ3n) is 4.88.